The van der Waals surface area contributed by atoms with Crippen LogP contribution in [0.1, 0.15) is 29.1 Å². The molecule has 2 rings (SSSR count). The molecule has 0 saturated heterocycles. The summed E-state index contributed by atoms with van der Waals surface area (Å²) < 4.78 is 7.31. The molecular weight excluding hydrogens is 276 g/mol. The number of aromatic amines is 1. The molecule has 0 fully saturated rings. The minimum Gasteiger partial charge on any atom is -0.497 e. The van der Waals surface area contributed by atoms with E-state index in [4.69, 9.17) is 17.0 Å². The van der Waals surface area contributed by atoms with Gasteiger partial charge in [0.05, 0.1) is 13.2 Å². The molecule has 7 heteroatoms. The molecule has 0 radical (unpaired) electrons. The van der Waals surface area contributed by atoms with Crippen molar-refractivity contribution in [3.63, 3.8) is 0 Å². The van der Waals surface area contributed by atoms with Crippen LogP contribution in [0.25, 0.3) is 0 Å². The first-order chi connectivity index (χ1) is 9.52. The number of hydrogen-bond acceptors (Lipinski definition) is 4. The van der Waals surface area contributed by atoms with E-state index in [2.05, 4.69) is 15.5 Å². The molecule has 0 spiro atoms. The molecule has 2 aromatic rings. The van der Waals surface area contributed by atoms with Crippen LogP contribution in [0.5, 0.6) is 5.75 Å². The Kier molecular flexibility index (Phi) is 4.19. The van der Waals surface area contributed by atoms with Crippen LogP contribution in [0.4, 0.5) is 0 Å². The maximum absolute atomic E-state index is 12.1. The maximum atomic E-state index is 12.1. The Morgan fingerprint density at radius 2 is 2.10 bits per heavy atom. The number of nitrogens with one attached hydrogen (secondary N) is 2. The highest BCUT2D eigenvalue weighted by atomic mass is 32.1. The quantitative estimate of drug-likeness (QED) is 0.845. The summed E-state index contributed by atoms with van der Waals surface area (Å²) in [6, 6.07) is 6.67. The smallest absolute Gasteiger partial charge is 0.251 e. The summed E-state index contributed by atoms with van der Waals surface area (Å²) in [7, 11) is 3.39. The molecule has 6 nitrogen and oxygen atoms in total. The van der Waals surface area contributed by atoms with Gasteiger partial charge in [-0.25, -0.2) is 0 Å². The average Bonchev–Trinajstić information content (AvgIpc) is 2.79. The highest BCUT2D eigenvalue weighted by Crippen LogP contribution is 2.13. The van der Waals surface area contributed by atoms with Crippen molar-refractivity contribution in [1.29, 1.82) is 0 Å². The first-order valence-electron chi connectivity index (χ1n) is 6.09. The van der Waals surface area contributed by atoms with E-state index in [9.17, 15) is 4.79 Å². The van der Waals surface area contributed by atoms with Gasteiger partial charge in [0.1, 0.15) is 5.75 Å². The molecule has 0 aliphatic rings. The lowest BCUT2D eigenvalue weighted by molar-refractivity contribution is 0.0937. The van der Waals surface area contributed by atoms with Crippen LogP contribution in [-0.4, -0.2) is 27.8 Å². The molecule has 1 amide bonds. The van der Waals surface area contributed by atoms with Crippen LogP contribution in [-0.2, 0) is 7.05 Å². The third-order valence-electron chi connectivity index (χ3n) is 3.00. The second-order valence-corrected chi connectivity index (χ2v) is 4.76. The highest BCUT2D eigenvalue weighted by Gasteiger charge is 2.15. The molecule has 1 heterocycles. The number of nitrogens with zero attached hydrogens (tertiary/aromatic N) is 2. The Morgan fingerprint density at radius 1 is 1.45 bits per heavy atom. The number of ether oxygens (including phenoxy) is 1. The SMILES string of the molecule is COc1ccc(C(=O)N[C@@H](C)c2n[nH]c(=S)n2C)cc1. The maximum Gasteiger partial charge on any atom is 0.251 e. The molecule has 2 N–H and O–H groups in total. The standard InChI is InChI=1S/C13H16N4O2S/c1-8(11-15-16-13(20)17(11)2)14-12(18)9-4-6-10(19-3)7-5-9/h4-8H,1-3H3,(H,14,18)(H,16,20)/t8-/m0/s1. The van der Waals surface area contributed by atoms with Crippen LogP contribution in [0, 0.1) is 4.77 Å². The summed E-state index contributed by atoms with van der Waals surface area (Å²) in [5, 5.41) is 9.67. The molecule has 1 aromatic carbocycles. The molecular formula is C13H16N4O2S. The highest BCUT2D eigenvalue weighted by molar-refractivity contribution is 7.71. The van der Waals surface area contributed by atoms with Gasteiger partial charge in [-0.05, 0) is 43.4 Å². The third-order valence-corrected chi connectivity index (χ3v) is 3.37. The lowest BCUT2D eigenvalue weighted by atomic mass is 10.2. The van der Waals surface area contributed by atoms with Gasteiger partial charge in [-0.3, -0.25) is 9.89 Å². The van der Waals surface area contributed by atoms with Gasteiger partial charge >= 0.3 is 0 Å². The Morgan fingerprint density at radius 3 is 2.60 bits per heavy atom. The van der Waals surface area contributed by atoms with E-state index in [-0.39, 0.29) is 11.9 Å². The van der Waals surface area contributed by atoms with Gasteiger partial charge in [-0.1, -0.05) is 0 Å². The topological polar surface area (TPSA) is 71.9 Å². The number of carbonyl (C=O) groups is 1. The van der Waals surface area contributed by atoms with Crippen LogP contribution in [0.2, 0.25) is 0 Å². The van der Waals surface area contributed by atoms with Crippen molar-refractivity contribution in [1.82, 2.24) is 20.1 Å². The van der Waals surface area contributed by atoms with Crippen LogP contribution >= 0.6 is 12.2 Å². The largest absolute Gasteiger partial charge is 0.497 e. The zero-order valence-electron chi connectivity index (χ0n) is 11.5. The van der Waals surface area contributed by atoms with Crippen molar-refractivity contribution in [2.45, 2.75) is 13.0 Å². The molecule has 0 unspecified atom stereocenters. The Hall–Kier alpha value is -2.15. The zero-order valence-corrected chi connectivity index (χ0v) is 12.3. The van der Waals surface area contributed by atoms with Crippen LogP contribution in [0.3, 0.4) is 0 Å². The Bertz CT molecular complexity index is 660. The Balaban J connectivity index is 2.10. The molecule has 0 aliphatic carbocycles. The van der Waals surface area contributed by atoms with Gasteiger partial charge in [0, 0.05) is 12.6 Å². The number of H-pyrrole nitrogens is 1. The van der Waals surface area contributed by atoms with E-state index in [1.807, 2.05) is 6.92 Å². The normalized spacial score (nSPS) is 11.9. The van der Waals surface area contributed by atoms with Crippen molar-refractivity contribution < 1.29 is 9.53 Å². The fraction of sp³-hybridized carbons (Fsp3) is 0.308. The van der Waals surface area contributed by atoms with Gasteiger partial charge in [0.25, 0.3) is 5.91 Å². The first-order valence-corrected chi connectivity index (χ1v) is 6.50. The minimum atomic E-state index is -0.248. The lowest BCUT2D eigenvalue weighted by Gasteiger charge is -2.13. The van der Waals surface area contributed by atoms with Crippen molar-refractivity contribution >= 4 is 18.1 Å². The predicted octanol–water partition coefficient (Wildman–Crippen LogP) is 1.98. The van der Waals surface area contributed by atoms with Gasteiger partial charge in [-0.15, -0.1) is 0 Å². The molecule has 0 saturated carbocycles. The van der Waals surface area contributed by atoms with Crippen LogP contribution < -0.4 is 10.1 Å². The summed E-state index contributed by atoms with van der Waals surface area (Å²) in [6.45, 7) is 1.85. The fourth-order valence-electron chi connectivity index (χ4n) is 1.83. The third kappa shape index (κ3) is 2.88. The van der Waals surface area contributed by atoms with Gasteiger partial charge < -0.3 is 14.6 Å². The van der Waals surface area contributed by atoms with Crippen molar-refractivity contribution in [3.05, 3.63) is 40.4 Å². The number of hydrogen-bond donors (Lipinski definition) is 2. The molecule has 1 aromatic heterocycles. The first kappa shape index (κ1) is 14.3. The minimum absolute atomic E-state index is 0.172. The fourth-order valence-corrected chi connectivity index (χ4v) is 1.97. The van der Waals surface area contributed by atoms with E-state index in [1.165, 1.54) is 0 Å². The number of methoxy groups -OCH3 is 1. The summed E-state index contributed by atoms with van der Waals surface area (Å²) in [5.41, 5.74) is 0.564. The average molecular weight is 292 g/mol. The number of amides is 1. The van der Waals surface area contributed by atoms with Crippen LogP contribution in [0.15, 0.2) is 24.3 Å². The van der Waals surface area contributed by atoms with E-state index in [0.717, 1.165) is 0 Å². The van der Waals surface area contributed by atoms with E-state index in [1.54, 1.807) is 43.0 Å². The number of benzene rings is 1. The van der Waals surface area contributed by atoms with Gasteiger partial charge in [-0.2, -0.15) is 5.10 Å². The summed E-state index contributed by atoms with van der Waals surface area (Å²) in [4.78, 5) is 12.1. The molecule has 0 aliphatic heterocycles. The Labute approximate surface area is 121 Å². The van der Waals surface area contributed by atoms with E-state index >= 15 is 0 Å². The van der Waals surface area contributed by atoms with Crippen molar-refractivity contribution in [2.24, 2.45) is 7.05 Å². The second kappa shape index (κ2) is 5.87. The summed E-state index contributed by atoms with van der Waals surface area (Å²) in [6.07, 6.45) is 0. The van der Waals surface area contributed by atoms with Crippen molar-refractivity contribution in [2.75, 3.05) is 7.11 Å². The summed E-state index contributed by atoms with van der Waals surface area (Å²) in [5.74, 6) is 1.22. The van der Waals surface area contributed by atoms with Crippen molar-refractivity contribution in [3.8, 4) is 5.75 Å². The zero-order chi connectivity index (χ0) is 14.7. The lowest BCUT2D eigenvalue weighted by Crippen LogP contribution is -2.28. The molecule has 0 bridgehead atoms. The number of carbonyl (C=O) groups excluding carboxylic acids is 1. The van der Waals surface area contributed by atoms with E-state index < -0.39 is 0 Å². The monoisotopic (exact) mass is 292 g/mol. The molecule has 106 valence electrons. The summed E-state index contributed by atoms with van der Waals surface area (Å²) >= 11 is 5.05. The predicted molar refractivity (Wildman–Crippen MR) is 77.3 cm³/mol. The van der Waals surface area contributed by atoms with Gasteiger partial charge in [0.2, 0.25) is 0 Å². The number of rotatable bonds is 4. The molecule has 1 atom stereocenters. The molecule has 20 heavy (non-hydrogen) atoms. The second-order valence-electron chi connectivity index (χ2n) is 4.37. The van der Waals surface area contributed by atoms with Gasteiger partial charge in [0.15, 0.2) is 10.6 Å². The van der Waals surface area contributed by atoms with E-state index in [0.29, 0.717) is 21.9 Å². The number of aromatic nitrogens is 3.